The average molecular weight is 343 g/mol. The van der Waals surface area contributed by atoms with Crippen molar-refractivity contribution in [3.05, 3.63) is 46.4 Å². The van der Waals surface area contributed by atoms with Crippen molar-refractivity contribution < 1.29 is 4.79 Å². The summed E-state index contributed by atoms with van der Waals surface area (Å²) in [6.45, 7) is 4.65. The van der Waals surface area contributed by atoms with E-state index in [1.807, 2.05) is 25.6 Å². The van der Waals surface area contributed by atoms with Gasteiger partial charge in [0.25, 0.3) is 5.91 Å². The lowest BCUT2D eigenvalue weighted by molar-refractivity contribution is 0.102. The molecule has 0 bridgehead atoms. The number of hydrogen-bond acceptors (Lipinski definition) is 7. The minimum Gasteiger partial charge on any atom is -0.366 e. The summed E-state index contributed by atoms with van der Waals surface area (Å²) >= 11 is 1.26. The van der Waals surface area contributed by atoms with E-state index in [1.54, 1.807) is 17.6 Å². The van der Waals surface area contributed by atoms with Gasteiger partial charge in [-0.05, 0) is 26.0 Å². The largest absolute Gasteiger partial charge is 0.366 e. The highest BCUT2D eigenvalue weighted by atomic mass is 32.1. The summed E-state index contributed by atoms with van der Waals surface area (Å²) in [5.74, 6) is 0.440. The predicted molar refractivity (Wildman–Crippen MR) is 92.1 cm³/mol. The Labute approximate surface area is 143 Å². The zero-order valence-corrected chi connectivity index (χ0v) is 14.4. The fourth-order valence-electron chi connectivity index (χ4n) is 2.28. The zero-order chi connectivity index (χ0) is 17.1. The molecule has 3 rings (SSSR count). The molecule has 3 heterocycles. The van der Waals surface area contributed by atoms with E-state index in [1.165, 1.54) is 17.5 Å². The highest BCUT2D eigenvalue weighted by molar-refractivity contribution is 7.13. The van der Waals surface area contributed by atoms with Crippen molar-refractivity contribution in [2.45, 2.75) is 20.4 Å². The average Bonchev–Trinajstić information content (AvgIpc) is 3.15. The van der Waals surface area contributed by atoms with Crippen LogP contribution >= 0.6 is 11.3 Å². The van der Waals surface area contributed by atoms with E-state index in [-0.39, 0.29) is 5.91 Å². The van der Waals surface area contributed by atoms with Crippen LogP contribution in [0.2, 0.25) is 0 Å². The molecule has 3 aromatic heterocycles. The van der Waals surface area contributed by atoms with Crippen molar-refractivity contribution in [2.75, 3.05) is 10.6 Å². The fraction of sp³-hybridized carbons (Fsp3) is 0.267. The Bertz CT molecular complexity index is 840. The van der Waals surface area contributed by atoms with Crippen molar-refractivity contribution in [1.29, 1.82) is 0 Å². The molecule has 9 heteroatoms. The molecule has 124 valence electrons. The highest BCUT2D eigenvalue weighted by Crippen LogP contribution is 2.15. The summed E-state index contributed by atoms with van der Waals surface area (Å²) < 4.78 is 1.86. The van der Waals surface area contributed by atoms with Gasteiger partial charge in [0.2, 0.25) is 5.13 Å². The highest BCUT2D eigenvalue weighted by Gasteiger charge is 2.11. The van der Waals surface area contributed by atoms with Gasteiger partial charge in [-0.15, -0.1) is 10.2 Å². The van der Waals surface area contributed by atoms with Gasteiger partial charge in [0.05, 0.1) is 11.3 Å². The van der Waals surface area contributed by atoms with Crippen LogP contribution < -0.4 is 10.6 Å². The second-order valence-corrected chi connectivity index (χ2v) is 6.09. The minimum absolute atomic E-state index is 0.259. The Morgan fingerprint density at radius 2 is 2.17 bits per heavy atom. The number of anilines is 2. The quantitative estimate of drug-likeness (QED) is 0.737. The van der Waals surface area contributed by atoms with Gasteiger partial charge in [-0.25, -0.2) is 4.98 Å². The van der Waals surface area contributed by atoms with Crippen molar-refractivity contribution in [3.63, 3.8) is 0 Å². The third kappa shape index (κ3) is 3.40. The van der Waals surface area contributed by atoms with Gasteiger partial charge in [0.1, 0.15) is 11.3 Å². The van der Waals surface area contributed by atoms with Gasteiger partial charge in [-0.3, -0.25) is 14.8 Å². The monoisotopic (exact) mass is 343 g/mol. The van der Waals surface area contributed by atoms with Crippen molar-refractivity contribution in [2.24, 2.45) is 7.05 Å². The lowest BCUT2D eigenvalue weighted by Gasteiger charge is -2.07. The second kappa shape index (κ2) is 6.75. The third-order valence-corrected chi connectivity index (χ3v) is 4.32. The molecule has 0 spiro atoms. The second-order valence-electron chi connectivity index (χ2n) is 5.26. The number of pyridine rings is 1. The van der Waals surface area contributed by atoms with E-state index in [4.69, 9.17) is 0 Å². The first-order chi connectivity index (χ1) is 11.5. The zero-order valence-electron chi connectivity index (χ0n) is 13.6. The van der Waals surface area contributed by atoms with Crippen LogP contribution in [0.4, 0.5) is 10.9 Å². The van der Waals surface area contributed by atoms with Crippen LogP contribution in [0.1, 0.15) is 27.3 Å². The minimum atomic E-state index is -0.259. The molecule has 0 aliphatic carbocycles. The number of hydrogen-bond donors (Lipinski definition) is 2. The Morgan fingerprint density at radius 3 is 2.75 bits per heavy atom. The van der Waals surface area contributed by atoms with Crippen molar-refractivity contribution in [1.82, 2.24) is 25.0 Å². The topological polar surface area (TPSA) is 97.6 Å². The Hall–Kier alpha value is -2.81. The molecule has 3 aromatic rings. The molecule has 0 fully saturated rings. The molecule has 0 aliphatic rings. The molecular weight excluding hydrogens is 326 g/mol. The molecule has 8 nitrogen and oxygen atoms in total. The van der Waals surface area contributed by atoms with Crippen molar-refractivity contribution >= 4 is 28.2 Å². The maximum absolute atomic E-state index is 12.1. The van der Waals surface area contributed by atoms with Gasteiger partial charge in [-0.2, -0.15) is 5.10 Å². The van der Waals surface area contributed by atoms with E-state index in [9.17, 15) is 4.79 Å². The first kappa shape index (κ1) is 16.1. The van der Waals surface area contributed by atoms with Crippen molar-refractivity contribution in [3.8, 4) is 0 Å². The molecule has 1 amide bonds. The number of rotatable bonds is 5. The molecular formula is C15H17N7OS. The predicted octanol–water partition coefficient (Wildman–Crippen LogP) is 2.15. The SMILES string of the molecule is Cc1nn(C)c(C)c1CNc1ccc(C(=O)Nc2nncs2)cn1. The normalized spacial score (nSPS) is 10.6. The van der Waals surface area contributed by atoms with E-state index >= 15 is 0 Å². The summed E-state index contributed by atoms with van der Waals surface area (Å²) in [5, 5.41) is 18.2. The molecule has 0 aliphatic heterocycles. The van der Waals surface area contributed by atoms with E-state index in [0.29, 0.717) is 23.1 Å². The Balaban J connectivity index is 1.63. The number of carbonyl (C=O) groups excluding carboxylic acids is 1. The van der Waals surface area contributed by atoms with Crippen LogP contribution in [0.5, 0.6) is 0 Å². The Morgan fingerprint density at radius 1 is 1.33 bits per heavy atom. The number of nitrogens with zero attached hydrogens (tertiary/aromatic N) is 5. The molecule has 24 heavy (non-hydrogen) atoms. The van der Waals surface area contributed by atoms with Crippen LogP contribution in [0.25, 0.3) is 0 Å². The van der Waals surface area contributed by atoms with Crippen LogP contribution in [0.15, 0.2) is 23.8 Å². The summed E-state index contributed by atoms with van der Waals surface area (Å²) in [5.41, 5.74) is 5.29. The van der Waals surface area contributed by atoms with Gasteiger partial charge >= 0.3 is 0 Å². The van der Waals surface area contributed by atoms with Crippen LogP contribution in [0.3, 0.4) is 0 Å². The maximum atomic E-state index is 12.1. The molecule has 0 atom stereocenters. The standard InChI is InChI=1S/C15H17N7OS/c1-9-12(10(2)22(3)21-9)7-17-13-5-4-11(6-16-13)14(23)19-15-20-18-8-24-15/h4-6,8H,7H2,1-3H3,(H,16,17)(H,19,20,23). The fourth-order valence-corrected chi connectivity index (χ4v) is 2.72. The molecule has 0 saturated carbocycles. The third-order valence-electron chi connectivity index (χ3n) is 3.71. The summed E-state index contributed by atoms with van der Waals surface area (Å²) in [4.78, 5) is 16.3. The number of nitrogens with one attached hydrogen (secondary N) is 2. The Kier molecular flexibility index (Phi) is 4.52. The maximum Gasteiger partial charge on any atom is 0.259 e. The molecule has 0 unspecified atom stereocenters. The first-order valence-corrected chi connectivity index (χ1v) is 8.19. The molecule has 0 radical (unpaired) electrons. The summed E-state index contributed by atoms with van der Waals surface area (Å²) in [6.07, 6.45) is 1.53. The smallest absolute Gasteiger partial charge is 0.259 e. The van der Waals surface area contributed by atoms with E-state index in [0.717, 1.165) is 17.0 Å². The van der Waals surface area contributed by atoms with Crippen LogP contribution in [-0.2, 0) is 13.6 Å². The summed E-state index contributed by atoms with van der Waals surface area (Å²) in [6, 6.07) is 3.49. The number of aromatic nitrogens is 5. The van der Waals surface area contributed by atoms with E-state index in [2.05, 4.69) is 30.9 Å². The number of aryl methyl sites for hydroxylation is 2. The van der Waals surface area contributed by atoms with Gasteiger partial charge < -0.3 is 5.32 Å². The van der Waals surface area contributed by atoms with Gasteiger partial charge in [0.15, 0.2) is 0 Å². The molecule has 0 saturated heterocycles. The molecule has 2 N–H and O–H groups in total. The number of amides is 1. The van der Waals surface area contributed by atoms with Crippen LogP contribution in [0, 0.1) is 13.8 Å². The first-order valence-electron chi connectivity index (χ1n) is 7.31. The van der Waals surface area contributed by atoms with Gasteiger partial charge in [0, 0.05) is 31.0 Å². The lowest BCUT2D eigenvalue weighted by Crippen LogP contribution is -2.12. The van der Waals surface area contributed by atoms with Crippen LogP contribution in [-0.4, -0.2) is 30.9 Å². The van der Waals surface area contributed by atoms with E-state index < -0.39 is 0 Å². The summed E-state index contributed by atoms with van der Waals surface area (Å²) in [7, 11) is 1.93. The molecule has 0 aromatic carbocycles. The lowest BCUT2D eigenvalue weighted by atomic mass is 10.2. The van der Waals surface area contributed by atoms with Gasteiger partial charge in [-0.1, -0.05) is 11.3 Å². The number of carbonyl (C=O) groups is 1.